The maximum atomic E-state index is 13.0. The second-order valence-corrected chi connectivity index (χ2v) is 6.66. The lowest BCUT2D eigenvalue weighted by atomic mass is 10.2. The lowest BCUT2D eigenvalue weighted by molar-refractivity contribution is -0.385. The number of hydrogen-bond acceptors (Lipinski definition) is 6. The van der Waals surface area contributed by atoms with Gasteiger partial charge in [0.15, 0.2) is 0 Å². The molecule has 1 aromatic heterocycles. The minimum Gasteiger partial charge on any atom is -0.475 e. The summed E-state index contributed by atoms with van der Waals surface area (Å²) in [6.45, 7) is 4.83. The molecule has 10 heteroatoms. The highest BCUT2D eigenvalue weighted by molar-refractivity contribution is 5.80. The van der Waals surface area contributed by atoms with E-state index >= 15 is 0 Å². The first-order chi connectivity index (χ1) is 13.4. The Hall–Kier alpha value is -3.01. The van der Waals surface area contributed by atoms with Crippen LogP contribution in [-0.2, 0) is 11.3 Å². The summed E-state index contributed by atoms with van der Waals surface area (Å²) < 4.78 is 19.2. The zero-order valence-corrected chi connectivity index (χ0v) is 15.7. The van der Waals surface area contributed by atoms with Gasteiger partial charge in [0.05, 0.1) is 12.0 Å². The van der Waals surface area contributed by atoms with Crippen LogP contribution in [0, 0.1) is 15.9 Å². The van der Waals surface area contributed by atoms with Gasteiger partial charge in [-0.3, -0.25) is 19.8 Å². The first-order valence-corrected chi connectivity index (χ1v) is 8.92. The monoisotopic (exact) mass is 391 g/mol. The number of aromatic nitrogens is 2. The van der Waals surface area contributed by atoms with Crippen LogP contribution in [0.2, 0.25) is 0 Å². The third-order valence-electron chi connectivity index (χ3n) is 4.83. The number of halogens is 1. The Morgan fingerprint density at radius 2 is 1.93 bits per heavy atom. The van der Waals surface area contributed by atoms with Crippen molar-refractivity contribution in [2.24, 2.45) is 0 Å². The van der Waals surface area contributed by atoms with E-state index in [4.69, 9.17) is 4.74 Å². The average molecular weight is 391 g/mol. The van der Waals surface area contributed by atoms with E-state index in [9.17, 15) is 19.3 Å². The van der Waals surface area contributed by atoms with E-state index in [1.54, 1.807) is 24.0 Å². The van der Waals surface area contributed by atoms with Crippen molar-refractivity contribution in [3.8, 4) is 5.88 Å². The van der Waals surface area contributed by atoms with Gasteiger partial charge in [0.2, 0.25) is 5.91 Å². The summed E-state index contributed by atoms with van der Waals surface area (Å²) >= 11 is 0. The molecule has 0 N–H and O–H groups in total. The van der Waals surface area contributed by atoms with Crippen LogP contribution in [0.25, 0.3) is 0 Å². The second-order valence-electron chi connectivity index (χ2n) is 6.66. The Labute approximate surface area is 161 Å². The molecule has 1 atom stereocenters. The molecule has 1 aliphatic rings. The van der Waals surface area contributed by atoms with Crippen molar-refractivity contribution in [1.82, 2.24) is 19.6 Å². The number of benzene rings is 1. The molecular formula is C18H22FN5O4. The van der Waals surface area contributed by atoms with E-state index in [0.717, 1.165) is 5.56 Å². The number of rotatable bonds is 6. The van der Waals surface area contributed by atoms with Crippen LogP contribution in [0.1, 0.15) is 18.5 Å². The molecule has 2 aromatic rings. The second kappa shape index (κ2) is 8.34. The molecule has 0 radical (unpaired) electrons. The molecule has 3 rings (SSSR count). The number of carbonyl (C=O) groups is 1. The Morgan fingerprint density at radius 3 is 2.46 bits per heavy atom. The zero-order chi connectivity index (χ0) is 20.3. The van der Waals surface area contributed by atoms with Crippen LogP contribution in [-0.4, -0.2) is 63.7 Å². The molecule has 1 saturated heterocycles. The van der Waals surface area contributed by atoms with Gasteiger partial charge in [0.25, 0.3) is 0 Å². The number of nitrogens with zero attached hydrogens (tertiary/aromatic N) is 5. The molecule has 28 heavy (non-hydrogen) atoms. The molecular weight excluding hydrogens is 369 g/mol. The fourth-order valence-corrected chi connectivity index (χ4v) is 3.19. The normalized spacial score (nSPS) is 16.0. The lowest BCUT2D eigenvalue weighted by Gasteiger charge is -2.35. The number of methoxy groups -OCH3 is 1. The summed E-state index contributed by atoms with van der Waals surface area (Å²) in [7, 11) is 1.30. The number of ether oxygens (including phenoxy) is 1. The van der Waals surface area contributed by atoms with E-state index in [1.807, 2.05) is 0 Å². The molecule has 1 unspecified atom stereocenters. The van der Waals surface area contributed by atoms with Gasteiger partial charge in [0, 0.05) is 32.7 Å². The summed E-state index contributed by atoms with van der Waals surface area (Å²) in [4.78, 5) is 27.2. The molecule has 1 aromatic carbocycles. The van der Waals surface area contributed by atoms with Crippen LogP contribution >= 0.6 is 0 Å². The minimum absolute atomic E-state index is 0.117. The van der Waals surface area contributed by atoms with Crippen molar-refractivity contribution in [3.63, 3.8) is 0 Å². The first-order valence-electron chi connectivity index (χ1n) is 8.92. The van der Waals surface area contributed by atoms with Gasteiger partial charge < -0.3 is 9.64 Å². The number of nitro groups is 1. The summed E-state index contributed by atoms with van der Waals surface area (Å²) in [5.41, 5.74) is 0.747. The van der Waals surface area contributed by atoms with E-state index in [-0.39, 0.29) is 23.3 Å². The Morgan fingerprint density at radius 1 is 1.29 bits per heavy atom. The van der Waals surface area contributed by atoms with Crippen molar-refractivity contribution in [1.29, 1.82) is 0 Å². The van der Waals surface area contributed by atoms with Crippen LogP contribution in [0.15, 0.2) is 30.5 Å². The average Bonchev–Trinajstić information content (AvgIpc) is 3.14. The fraction of sp³-hybridized carbons (Fsp3) is 0.444. The smallest absolute Gasteiger partial charge is 0.350 e. The van der Waals surface area contributed by atoms with Crippen LogP contribution in [0.4, 0.5) is 10.1 Å². The topological polar surface area (TPSA) is 93.7 Å². The number of carbonyl (C=O) groups excluding carboxylic acids is 1. The van der Waals surface area contributed by atoms with E-state index in [2.05, 4.69) is 10.00 Å². The van der Waals surface area contributed by atoms with Gasteiger partial charge in [-0.15, -0.1) is 5.10 Å². The van der Waals surface area contributed by atoms with Gasteiger partial charge in [0.1, 0.15) is 18.1 Å². The highest BCUT2D eigenvalue weighted by Crippen LogP contribution is 2.26. The van der Waals surface area contributed by atoms with Crippen LogP contribution in [0.3, 0.4) is 0 Å². The molecule has 1 aliphatic heterocycles. The molecule has 0 spiro atoms. The van der Waals surface area contributed by atoms with Gasteiger partial charge in [-0.05, 0) is 24.6 Å². The van der Waals surface area contributed by atoms with Gasteiger partial charge in [-0.25, -0.2) is 9.07 Å². The van der Waals surface area contributed by atoms with Gasteiger partial charge >= 0.3 is 11.6 Å². The third kappa shape index (κ3) is 4.28. The van der Waals surface area contributed by atoms with Crippen molar-refractivity contribution in [3.05, 3.63) is 52.0 Å². The zero-order valence-electron chi connectivity index (χ0n) is 15.7. The molecule has 1 fully saturated rings. The van der Waals surface area contributed by atoms with E-state index < -0.39 is 11.0 Å². The maximum absolute atomic E-state index is 13.0. The van der Waals surface area contributed by atoms with Gasteiger partial charge in [-0.2, -0.15) is 0 Å². The molecule has 1 amide bonds. The first kappa shape index (κ1) is 19.7. The standard InChI is InChI=1S/C18H22FN5O4/c1-13(23-12-16(24(26)27)17(20-23)28-2)18(25)22-9-7-21(8-10-22)11-14-3-5-15(19)6-4-14/h3-6,12-13H,7-11H2,1-2H3. The lowest BCUT2D eigenvalue weighted by Crippen LogP contribution is -2.49. The minimum atomic E-state index is -0.675. The largest absolute Gasteiger partial charge is 0.475 e. The fourth-order valence-electron chi connectivity index (χ4n) is 3.19. The summed E-state index contributed by atoms with van der Waals surface area (Å²) in [6.07, 6.45) is 1.21. The highest BCUT2D eigenvalue weighted by Gasteiger charge is 2.29. The van der Waals surface area contributed by atoms with E-state index in [0.29, 0.717) is 32.7 Å². The quantitative estimate of drug-likeness (QED) is 0.551. The predicted molar refractivity (Wildman–Crippen MR) is 98.4 cm³/mol. The summed E-state index contributed by atoms with van der Waals surface area (Å²) in [5.74, 6) is -0.529. The molecule has 9 nitrogen and oxygen atoms in total. The Bertz CT molecular complexity index is 846. The Balaban J connectivity index is 1.58. The SMILES string of the molecule is COc1nn(C(C)C(=O)N2CCN(Cc3ccc(F)cc3)CC2)cc1[N+](=O)[O-]. The molecule has 150 valence electrons. The summed E-state index contributed by atoms with van der Waals surface area (Å²) in [6, 6.07) is 5.72. The predicted octanol–water partition coefficient (Wildman–Crippen LogP) is 1.84. The number of amides is 1. The van der Waals surface area contributed by atoms with Crippen molar-refractivity contribution in [2.75, 3.05) is 33.3 Å². The maximum Gasteiger partial charge on any atom is 0.350 e. The van der Waals surface area contributed by atoms with Crippen LogP contribution < -0.4 is 4.74 Å². The van der Waals surface area contributed by atoms with Crippen molar-refractivity contribution in [2.45, 2.75) is 19.5 Å². The number of hydrogen-bond donors (Lipinski definition) is 0. The Kier molecular flexibility index (Phi) is 5.88. The molecule has 2 heterocycles. The van der Waals surface area contributed by atoms with Crippen molar-refractivity contribution >= 4 is 11.6 Å². The third-order valence-corrected chi connectivity index (χ3v) is 4.83. The molecule has 0 saturated carbocycles. The number of piperazine rings is 1. The highest BCUT2D eigenvalue weighted by atomic mass is 19.1. The van der Waals surface area contributed by atoms with Crippen LogP contribution in [0.5, 0.6) is 5.88 Å². The summed E-state index contributed by atoms with van der Waals surface area (Å²) in [5, 5.41) is 15.1. The molecule has 0 aliphatic carbocycles. The van der Waals surface area contributed by atoms with Crippen molar-refractivity contribution < 1.29 is 18.8 Å². The van der Waals surface area contributed by atoms with Gasteiger partial charge in [-0.1, -0.05) is 12.1 Å². The van der Waals surface area contributed by atoms with E-state index in [1.165, 1.54) is 30.1 Å². The molecule has 0 bridgehead atoms.